The van der Waals surface area contributed by atoms with Gasteiger partial charge < -0.3 is 4.42 Å². The summed E-state index contributed by atoms with van der Waals surface area (Å²) < 4.78 is 9.00. The van der Waals surface area contributed by atoms with Gasteiger partial charge in [0.05, 0.1) is 11.0 Å². The Morgan fingerprint density at radius 2 is 0.823 bits per heavy atom. The number of benzene rings is 11. The van der Waals surface area contributed by atoms with Gasteiger partial charge in [0.1, 0.15) is 11.2 Å². The van der Waals surface area contributed by atoms with E-state index >= 15 is 0 Å². The molecule has 0 saturated carbocycles. The molecule has 14 rings (SSSR count). The van der Waals surface area contributed by atoms with Crippen molar-refractivity contribution in [2.24, 2.45) is 0 Å². The molecule has 14 aromatic rings. The van der Waals surface area contributed by atoms with Crippen molar-refractivity contribution in [1.29, 1.82) is 0 Å². The zero-order valence-electron chi connectivity index (χ0n) is 33.2. The molecular weight excluding hydrogens is 757 g/mol. The lowest BCUT2D eigenvalue weighted by molar-refractivity contribution is 0.672. The minimum atomic E-state index is 0.551. The minimum absolute atomic E-state index is 0.551. The molecule has 0 fully saturated rings. The van der Waals surface area contributed by atoms with Crippen molar-refractivity contribution in [2.45, 2.75) is 0 Å². The van der Waals surface area contributed by atoms with Crippen LogP contribution < -0.4 is 0 Å². The Morgan fingerprint density at radius 1 is 0.339 bits per heavy atom. The average Bonchev–Trinajstić information content (AvgIpc) is 3.91. The average molecular weight is 789 g/mol. The smallest absolute Gasteiger partial charge is 0.238 e. The molecule has 62 heavy (non-hydrogen) atoms. The van der Waals surface area contributed by atoms with Gasteiger partial charge in [0.15, 0.2) is 11.6 Å². The fourth-order valence-electron chi connectivity index (χ4n) is 10.2. The summed E-state index contributed by atoms with van der Waals surface area (Å²) in [7, 11) is 0. The molecule has 0 aliphatic heterocycles. The summed E-state index contributed by atoms with van der Waals surface area (Å²) in [5.41, 5.74) is 5.56. The van der Waals surface area contributed by atoms with Crippen LogP contribution in [0.4, 0.5) is 0 Å². The normalized spacial score (nSPS) is 12.2. The Balaban J connectivity index is 1.16. The van der Waals surface area contributed by atoms with Crippen molar-refractivity contribution < 1.29 is 4.42 Å². The van der Waals surface area contributed by atoms with Crippen LogP contribution in [0.5, 0.6) is 0 Å². The molecule has 0 saturated heterocycles. The third kappa shape index (κ3) is 4.65. The molecule has 11 aromatic carbocycles. The van der Waals surface area contributed by atoms with Crippen LogP contribution in [0.1, 0.15) is 0 Å². The van der Waals surface area contributed by atoms with Crippen molar-refractivity contribution >= 4 is 108 Å². The van der Waals surface area contributed by atoms with Crippen LogP contribution in [-0.2, 0) is 0 Å². The molecule has 0 amide bonds. The van der Waals surface area contributed by atoms with Crippen molar-refractivity contribution in [3.8, 4) is 28.7 Å². The van der Waals surface area contributed by atoms with E-state index < -0.39 is 0 Å². The minimum Gasteiger partial charge on any atom is -0.455 e. The summed E-state index contributed by atoms with van der Waals surface area (Å²) >= 11 is 0. The van der Waals surface area contributed by atoms with Crippen molar-refractivity contribution in [1.82, 2.24) is 19.5 Å². The standard InChI is InChI=1S/C57H32N4O/c1-4-16-37-33(13-1)25-29-45-46-30-26-34-14-2-5-17-38(34)53(46)61(52(37)45)57-59-55(36-27-28-44-42-21-8-7-19-40(42)41-20-9-10-22-43(41)48(44)32-36)58-56(60-57)49-31-35-15-3-6-18-39(35)54-51(49)47-23-11-12-24-50(47)62-54/h1-32H. The number of nitrogens with zero attached hydrogens (tertiary/aromatic N) is 4. The van der Waals surface area contributed by atoms with Gasteiger partial charge in [0, 0.05) is 48.8 Å². The lowest BCUT2D eigenvalue weighted by Crippen LogP contribution is -2.07. The largest absolute Gasteiger partial charge is 0.455 e. The number of aromatic nitrogens is 4. The SMILES string of the molecule is c1ccc2c(c1)cc(-c1nc(-c3ccc4c5ccccc5c5ccccc5c4c3)nc(-n3c4c5ccccc5ccc4c4ccc5ccccc5c43)n1)c1c3ccccc3oc21. The molecule has 0 bridgehead atoms. The van der Waals surface area contributed by atoms with Gasteiger partial charge in [-0.3, -0.25) is 4.57 Å². The molecule has 3 heterocycles. The Morgan fingerprint density at radius 3 is 1.47 bits per heavy atom. The summed E-state index contributed by atoms with van der Waals surface area (Å²) in [5, 5.41) is 18.2. The summed E-state index contributed by atoms with van der Waals surface area (Å²) in [6, 6.07) is 69.1. The molecule has 0 radical (unpaired) electrons. The zero-order valence-corrected chi connectivity index (χ0v) is 33.2. The molecule has 0 aliphatic rings. The van der Waals surface area contributed by atoms with Gasteiger partial charge in [-0.05, 0) is 66.7 Å². The number of hydrogen-bond acceptors (Lipinski definition) is 4. The number of furan rings is 1. The van der Waals surface area contributed by atoms with E-state index in [4.69, 9.17) is 19.4 Å². The lowest BCUT2D eigenvalue weighted by atomic mass is 9.93. The molecule has 3 aromatic heterocycles. The van der Waals surface area contributed by atoms with Crippen LogP contribution in [0, 0.1) is 0 Å². The van der Waals surface area contributed by atoms with Crippen molar-refractivity contribution in [3.63, 3.8) is 0 Å². The first-order valence-electron chi connectivity index (χ1n) is 21.0. The number of fused-ring (bicyclic) bond motifs is 18. The van der Waals surface area contributed by atoms with Crippen LogP contribution in [0.2, 0.25) is 0 Å². The number of hydrogen-bond donors (Lipinski definition) is 0. The van der Waals surface area contributed by atoms with Crippen LogP contribution in [-0.4, -0.2) is 19.5 Å². The summed E-state index contributed by atoms with van der Waals surface area (Å²) in [5.74, 6) is 1.72. The quantitative estimate of drug-likeness (QED) is 0.167. The first-order valence-corrected chi connectivity index (χ1v) is 21.0. The van der Waals surface area contributed by atoms with E-state index in [2.05, 4.69) is 187 Å². The molecule has 0 aliphatic carbocycles. The van der Waals surface area contributed by atoms with Gasteiger partial charge in [0.2, 0.25) is 5.95 Å². The van der Waals surface area contributed by atoms with Gasteiger partial charge in [0.25, 0.3) is 0 Å². The van der Waals surface area contributed by atoms with Crippen LogP contribution in [0.25, 0.3) is 137 Å². The van der Waals surface area contributed by atoms with E-state index in [1.165, 1.54) is 26.9 Å². The van der Waals surface area contributed by atoms with Gasteiger partial charge in [-0.2, -0.15) is 9.97 Å². The van der Waals surface area contributed by atoms with E-state index in [0.29, 0.717) is 17.6 Å². The van der Waals surface area contributed by atoms with Crippen molar-refractivity contribution in [2.75, 3.05) is 0 Å². The summed E-state index contributed by atoms with van der Waals surface area (Å²) in [6.07, 6.45) is 0. The van der Waals surface area contributed by atoms with Gasteiger partial charge in [-0.15, -0.1) is 0 Å². The molecule has 286 valence electrons. The summed E-state index contributed by atoms with van der Waals surface area (Å²) in [6.45, 7) is 0. The number of rotatable bonds is 3. The van der Waals surface area contributed by atoms with Gasteiger partial charge in [-0.25, -0.2) is 4.98 Å². The third-order valence-corrected chi connectivity index (χ3v) is 13.0. The fourth-order valence-corrected chi connectivity index (χ4v) is 10.2. The first kappa shape index (κ1) is 33.4. The predicted molar refractivity (Wildman–Crippen MR) is 257 cm³/mol. The third-order valence-electron chi connectivity index (χ3n) is 13.0. The molecule has 0 spiro atoms. The van der Waals surface area contributed by atoms with E-state index in [9.17, 15) is 0 Å². The molecule has 5 heteroatoms. The topological polar surface area (TPSA) is 56.7 Å². The van der Waals surface area contributed by atoms with Crippen LogP contribution >= 0.6 is 0 Å². The Hall–Kier alpha value is -8.41. The maximum absolute atomic E-state index is 6.70. The van der Waals surface area contributed by atoms with E-state index in [1.54, 1.807) is 0 Å². The second-order valence-corrected chi connectivity index (χ2v) is 16.3. The maximum atomic E-state index is 6.70. The monoisotopic (exact) mass is 788 g/mol. The van der Waals surface area contributed by atoms with Gasteiger partial charge in [-0.1, -0.05) is 176 Å². The van der Waals surface area contributed by atoms with E-state index in [0.717, 1.165) is 92.6 Å². The zero-order chi connectivity index (χ0) is 40.5. The highest BCUT2D eigenvalue weighted by molar-refractivity contribution is 6.27. The highest BCUT2D eigenvalue weighted by Crippen LogP contribution is 2.44. The second kappa shape index (κ2) is 12.6. The van der Waals surface area contributed by atoms with Gasteiger partial charge >= 0.3 is 0 Å². The Bertz CT molecular complexity index is 4110. The molecule has 5 nitrogen and oxygen atoms in total. The fraction of sp³-hybridized carbons (Fsp3) is 0. The van der Waals surface area contributed by atoms with Crippen LogP contribution in [0.3, 0.4) is 0 Å². The number of para-hydroxylation sites is 1. The molecular formula is C57H32N4O. The van der Waals surface area contributed by atoms with Crippen LogP contribution in [0.15, 0.2) is 199 Å². The molecule has 0 unspecified atom stereocenters. The molecule has 0 N–H and O–H groups in total. The van der Waals surface area contributed by atoms with E-state index in [1.807, 2.05) is 12.1 Å². The molecule has 0 atom stereocenters. The lowest BCUT2D eigenvalue weighted by Gasteiger charge is -2.15. The predicted octanol–water partition coefficient (Wildman–Crippen LogP) is 15.1. The highest BCUT2D eigenvalue weighted by atomic mass is 16.3. The Labute approximate surface area is 353 Å². The van der Waals surface area contributed by atoms with Crippen molar-refractivity contribution in [3.05, 3.63) is 194 Å². The second-order valence-electron chi connectivity index (χ2n) is 16.3. The van der Waals surface area contributed by atoms with E-state index in [-0.39, 0.29) is 0 Å². The maximum Gasteiger partial charge on any atom is 0.238 e. The summed E-state index contributed by atoms with van der Waals surface area (Å²) in [4.78, 5) is 16.6. The highest BCUT2D eigenvalue weighted by Gasteiger charge is 2.24. The Kier molecular flexibility index (Phi) is 6.77. The first-order chi connectivity index (χ1) is 30.7.